The molecular formula is C18H22BrN3O2. The van der Waals surface area contributed by atoms with E-state index >= 15 is 0 Å². The molecule has 0 N–H and O–H groups in total. The highest BCUT2D eigenvalue weighted by molar-refractivity contribution is 9.10. The molecule has 0 saturated carbocycles. The molecule has 1 saturated heterocycles. The lowest BCUT2D eigenvalue weighted by atomic mass is 10.1. The molecule has 1 aromatic heterocycles. The molecule has 0 aliphatic carbocycles. The summed E-state index contributed by atoms with van der Waals surface area (Å²) >= 11 is 3.54. The van der Waals surface area contributed by atoms with Crippen LogP contribution in [0, 0.1) is 13.8 Å². The quantitative estimate of drug-likeness (QED) is 0.786. The molecule has 0 bridgehead atoms. The maximum Gasteiger partial charge on any atom is 0.254 e. The summed E-state index contributed by atoms with van der Waals surface area (Å²) in [6.07, 6.45) is 0. The van der Waals surface area contributed by atoms with Crippen molar-refractivity contribution in [2.75, 3.05) is 19.7 Å². The van der Waals surface area contributed by atoms with Crippen LogP contribution in [0.5, 0.6) is 0 Å². The molecule has 24 heavy (non-hydrogen) atoms. The van der Waals surface area contributed by atoms with Crippen LogP contribution in [0.4, 0.5) is 0 Å². The van der Waals surface area contributed by atoms with Crippen LogP contribution in [0.15, 0.2) is 28.7 Å². The van der Waals surface area contributed by atoms with Crippen molar-refractivity contribution in [1.82, 2.24) is 14.7 Å². The number of amides is 1. The van der Waals surface area contributed by atoms with Crippen molar-refractivity contribution >= 4 is 21.8 Å². The van der Waals surface area contributed by atoms with Gasteiger partial charge < -0.3 is 9.64 Å². The van der Waals surface area contributed by atoms with Crippen molar-refractivity contribution in [1.29, 1.82) is 0 Å². The summed E-state index contributed by atoms with van der Waals surface area (Å²) in [5, 5.41) is 4.52. The van der Waals surface area contributed by atoms with Gasteiger partial charge in [-0.15, -0.1) is 0 Å². The van der Waals surface area contributed by atoms with E-state index in [1.165, 1.54) is 0 Å². The number of aromatic nitrogens is 2. The van der Waals surface area contributed by atoms with Crippen LogP contribution in [0.2, 0.25) is 0 Å². The van der Waals surface area contributed by atoms with Crippen molar-refractivity contribution in [3.63, 3.8) is 0 Å². The molecule has 1 aliphatic rings. The number of rotatable bonds is 2. The normalized spacial score (nSPS) is 17.1. The molecule has 2 aromatic rings. The fraction of sp³-hybridized carbons (Fsp3) is 0.444. The molecule has 0 radical (unpaired) electrons. The topological polar surface area (TPSA) is 47.4 Å². The van der Waals surface area contributed by atoms with Gasteiger partial charge in [0.1, 0.15) is 0 Å². The van der Waals surface area contributed by atoms with Crippen LogP contribution in [-0.4, -0.2) is 45.9 Å². The zero-order valence-corrected chi connectivity index (χ0v) is 16.1. The van der Waals surface area contributed by atoms with Gasteiger partial charge in [-0.05, 0) is 67.9 Å². The number of benzene rings is 1. The van der Waals surface area contributed by atoms with Crippen LogP contribution in [-0.2, 0) is 4.74 Å². The number of ether oxygens (including phenoxy) is 1. The lowest BCUT2D eigenvalue weighted by Crippen LogP contribution is -2.50. The predicted molar refractivity (Wildman–Crippen MR) is 96.7 cm³/mol. The van der Waals surface area contributed by atoms with Crippen molar-refractivity contribution < 1.29 is 9.53 Å². The van der Waals surface area contributed by atoms with E-state index in [1.54, 1.807) is 0 Å². The molecule has 3 rings (SSSR count). The van der Waals surface area contributed by atoms with E-state index in [9.17, 15) is 4.79 Å². The fourth-order valence-corrected chi connectivity index (χ4v) is 3.24. The number of morpholine rings is 1. The first-order chi connectivity index (χ1) is 11.3. The standard InChI is InChI=1S/C18H22BrN3O2/c1-12-16(19)13(2)22(20-12)15-7-5-14(6-8-15)17(23)21-9-10-24-18(3,4)11-21/h5-8H,9-11H2,1-4H3. The Balaban J connectivity index is 1.81. The molecule has 128 valence electrons. The first-order valence-corrected chi connectivity index (χ1v) is 8.83. The maximum absolute atomic E-state index is 12.7. The van der Waals surface area contributed by atoms with E-state index in [0.717, 1.165) is 21.5 Å². The summed E-state index contributed by atoms with van der Waals surface area (Å²) in [5.74, 6) is 0.0486. The Labute approximate surface area is 150 Å². The van der Waals surface area contributed by atoms with E-state index in [-0.39, 0.29) is 11.5 Å². The second kappa shape index (κ2) is 6.33. The predicted octanol–water partition coefficient (Wildman–Crippen LogP) is 3.50. The Morgan fingerprint density at radius 2 is 1.92 bits per heavy atom. The molecule has 1 fully saturated rings. The van der Waals surface area contributed by atoms with Crippen LogP contribution in [0.3, 0.4) is 0 Å². The van der Waals surface area contributed by atoms with E-state index < -0.39 is 0 Å². The molecule has 1 aliphatic heterocycles. The number of nitrogens with zero attached hydrogens (tertiary/aromatic N) is 3. The SMILES string of the molecule is Cc1nn(-c2ccc(C(=O)N3CCOC(C)(C)C3)cc2)c(C)c1Br. The minimum Gasteiger partial charge on any atom is -0.372 e. The number of halogens is 1. The van der Waals surface area contributed by atoms with Gasteiger partial charge in [0, 0.05) is 18.7 Å². The van der Waals surface area contributed by atoms with Gasteiger partial charge in [0.15, 0.2) is 0 Å². The van der Waals surface area contributed by atoms with Gasteiger partial charge in [-0.2, -0.15) is 5.10 Å². The summed E-state index contributed by atoms with van der Waals surface area (Å²) in [4.78, 5) is 14.6. The van der Waals surface area contributed by atoms with Crippen LogP contribution in [0.1, 0.15) is 35.6 Å². The van der Waals surface area contributed by atoms with E-state index in [2.05, 4.69) is 21.0 Å². The maximum atomic E-state index is 12.7. The Morgan fingerprint density at radius 3 is 2.46 bits per heavy atom. The first kappa shape index (κ1) is 17.2. The number of hydrogen-bond acceptors (Lipinski definition) is 3. The lowest BCUT2D eigenvalue weighted by molar-refractivity contribution is -0.0764. The Hall–Kier alpha value is -1.66. The third kappa shape index (κ3) is 3.26. The van der Waals surface area contributed by atoms with Gasteiger partial charge in [-0.3, -0.25) is 4.79 Å². The highest BCUT2D eigenvalue weighted by Gasteiger charge is 2.30. The van der Waals surface area contributed by atoms with Gasteiger partial charge in [0.25, 0.3) is 5.91 Å². The largest absolute Gasteiger partial charge is 0.372 e. The van der Waals surface area contributed by atoms with Crippen LogP contribution >= 0.6 is 15.9 Å². The molecule has 6 heteroatoms. The van der Waals surface area contributed by atoms with Crippen LogP contribution in [0.25, 0.3) is 5.69 Å². The Bertz CT molecular complexity index is 765. The van der Waals surface area contributed by atoms with Crippen molar-refractivity contribution in [3.8, 4) is 5.69 Å². The summed E-state index contributed by atoms with van der Waals surface area (Å²) in [6.45, 7) is 9.82. The summed E-state index contributed by atoms with van der Waals surface area (Å²) in [6, 6.07) is 7.60. The van der Waals surface area contributed by atoms with Gasteiger partial charge in [0.2, 0.25) is 0 Å². The first-order valence-electron chi connectivity index (χ1n) is 8.04. The smallest absolute Gasteiger partial charge is 0.254 e. The van der Waals surface area contributed by atoms with Crippen molar-refractivity contribution in [3.05, 3.63) is 45.7 Å². The van der Waals surface area contributed by atoms with Gasteiger partial charge >= 0.3 is 0 Å². The molecule has 0 atom stereocenters. The monoisotopic (exact) mass is 391 g/mol. The average Bonchev–Trinajstić information content (AvgIpc) is 2.81. The number of hydrogen-bond donors (Lipinski definition) is 0. The fourth-order valence-electron chi connectivity index (χ4n) is 2.99. The molecular weight excluding hydrogens is 370 g/mol. The van der Waals surface area contributed by atoms with E-state index in [4.69, 9.17) is 4.74 Å². The molecule has 0 unspecified atom stereocenters. The minimum atomic E-state index is -0.288. The third-order valence-corrected chi connectivity index (χ3v) is 5.42. The Morgan fingerprint density at radius 1 is 1.25 bits per heavy atom. The average molecular weight is 392 g/mol. The molecule has 1 aromatic carbocycles. The zero-order valence-electron chi connectivity index (χ0n) is 14.5. The van der Waals surface area contributed by atoms with Crippen molar-refractivity contribution in [2.24, 2.45) is 0 Å². The zero-order chi connectivity index (χ0) is 17.5. The minimum absolute atomic E-state index is 0.0486. The van der Waals surface area contributed by atoms with Crippen molar-refractivity contribution in [2.45, 2.75) is 33.3 Å². The van der Waals surface area contributed by atoms with E-state index in [0.29, 0.717) is 25.3 Å². The highest BCUT2D eigenvalue weighted by atomic mass is 79.9. The molecule has 1 amide bonds. The van der Waals surface area contributed by atoms with Gasteiger partial charge in [-0.1, -0.05) is 0 Å². The highest BCUT2D eigenvalue weighted by Crippen LogP contribution is 2.24. The number of carbonyl (C=O) groups is 1. The summed E-state index contributed by atoms with van der Waals surface area (Å²) in [5.41, 5.74) is 3.34. The molecule has 2 heterocycles. The summed E-state index contributed by atoms with van der Waals surface area (Å²) in [7, 11) is 0. The molecule has 5 nitrogen and oxygen atoms in total. The van der Waals surface area contributed by atoms with Crippen LogP contribution < -0.4 is 0 Å². The van der Waals surface area contributed by atoms with Gasteiger partial charge in [-0.25, -0.2) is 4.68 Å². The second-order valence-corrected chi connectivity index (χ2v) is 7.57. The molecule has 0 spiro atoms. The third-order valence-electron chi connectivity index (χ3n) is 4.27. The number of aryl methyl sites for hydroxylation is 1. The number of carbonyl (C=O) groups excluding carboxylic acids is 1. The second-order valence-electron chi connectivity index (χ2n) is 6.78. The lowest BCUT2D eigenvalue weighted by Gasteiger charge is -2.38. The van der Waals surface area contributed by atoms with E-state index in [1.807, 2.05) is 61.5 Å². The van der Waals surface area contributed by atoms with Gasteiger partial charge in [0.05, 0.1) is 33.8 Å². The Kier molecular flexibility index (Phi) is 4.53. The summed E-state index contributed by atoms with van der Waals surface area (Å²) < 4.78 is 8.57.